The van der Waals surface area contributed by atoms with Gasteiger partial charge in [-0.15, -0.1) is 0 Å². The van der Waals surface area contributed by atoms with Gasteiger partial charge in [0.15, 0.2) is 17.1 Å². The Hall–Kier alpha value is -3.62. The van der Waals surface area contributed by atoms with E-state index in [1.807, 2.05) is 60.7 Å². The molecule has 2 N–H and O–H groups in total. The van der Waals surface area contributed by atoms with Crippen molar-refractivity contribution < 1.29 is 13.9 Å². The molecule has 1 fully saturated rings. The number of anilines is 1. The monoisotopic (exact) mass is 459 g/mol. The Bertz CT molecular complexity index is 1280. The standard InChI is InChI=1S/C26H26FN5O2/c1-18-21(32-17-31-23-24(28)29-16-30-25(23)32)12-22(34-14-20-10-6-3-7-11-20)26(18,27)15-33-13-19-8-4-2-5-9-19/h2-11,16-17,21-22H,1,12-15H2,(H2,28,29,30). The fourth-order valence-corrected chi connectivity index (χ4v) is 4.44. The normalized spacial score (nSPS) is 22.4. The predicted octanol–water partition coefficient (Wildman–Crippen LogP) is 4.42. The molecule has 3 unspecified atom stereocenters. The Kier molecular flexibility index (Phi) is 6.08. The van der Waals surface area contributed by atoms with E-state index in [-0.39, 0.29) is 19.0 Å². The zero-order valence-electron chi connectivity index (χ0n) is 18.7. The number of fused-ring (bicyclic) bond motifs is 1. The van der Waals surface area contributed by atoms with E-state index in [1.54, 1.807) is 10.9 Å². The summed E-state index contributed by atoms with van der Waals surface area (Å²) in [6.45, 7) is 4.57. The van der Waals surface area contributed by atoms with Gasteiger partial charge in [0.1, 0.15) is 17.9 Å². The fraction of sp³-hybridized carbons (Fsp3) is 0.269. The van der Waals surface area contributed by atoms with Crippen molar-refractivity contribution in [2.75, 3.05) is 12.3 Å². The minimum atomic E-state index is -1.89. The molecule has 5 rings (SSSR count). The lowest BCUT2D eigenvalue weighted by molar-refractivity contribution is -0.0763. The maximum absolute atomic E-state index is 16.7. The molecule has 0 radical (unpaired) electrons. The van der Waals surface area contributed by atoms with Crippen LogP contribution in [0, 0.1) is 0 Å². The van der Waals surface area contributed by atoms with E-state index in [0.717, 1.165) is 11.1 Å². The lowest BCUT2D eigenvalue weighted by atomic mass is 9.98. The number of alkyl halides is 1. The first-order valence-corrected chi connectivity index (χ1v) is 11.1. The van der Waals surface area contributed by atoms with Crippen LogP contribution in [0.5, 0.6) is 0 Å². The summed E-state index contributed by atoms with van der Waals surface area (Å²) in [4.78, 5) is 12.7. The van der Waals surface area contributed by atoms with Crippen LogP contribution in [-0.2, 0) is 22.7 Å². The van der Waals surface area contributed by atoms with Crippen LogP contribution < -0.4 is 5.73 Å². The third-order valence-corrected chi connectivity index (χ3v) is 6.32. The van der Waals surface area contributed by atoms with Crippen LogP contribution in [0.4, 0.5) is 10.2 Å². The second kappa shape index (κ2) is 9.32. The molecule has 0 saturated heterocycles. The van der Waals surface area contributed by atoms with Crippen LogP contribution in [0.3, 0.4) is 0 Å². The molecular weight excluding hydrogens is 433 g/mol. The number of benzene rings is 2. The SMILES string of the molecule is C=C1C(n2cnc3c(N)ncnc32)CC(OCc2ccccc2)C1(F)COCc1ccccc1. The molecule has 7 nitrogen and oxygen atoms in total. The molecule has 34 heavy (non-hydrogen) atoms. The molecule has 3 atom stereocenters. The number of nitrogens with two attached hydrogens (primary N) is 1. The van der Waals surface area contributed by atoms with Crippen LogP contribution in [0.15, 0.2) is 85.5 Å². The van der Waals surface area contributed by atoms with Crippen LogP contribution in [0.25, 0.3) is 11.2 Å². The van der Waals surface area contributed by atoms with Gasteiger partial charge in [0.2, 0.25) is 0 Å². The van der Waals surface area contributed by atoms with Gasteiger partial charge >= 0.3 is 0 Å². The molecule has 1 aliphatic carbocycles. The number of hydrogen-bond donors (Lipinski definition) is 1. The molecule has 1 saturated carbocycles. The van der Waals surface area contributed by atoms with Crippen molar-refractivity contribution in [1.29, 1.82) is 0 Å². The van der Waals surface area contributed by atoms with Gasteiger partial charge in [-0.05, 0) is 16.7 Å². The summed E-state index contributed by atoms with van der Waals surface area (Å²) in [6, 6.07) is 19.0. The number of aromatic nitrogens is 4. The smallest absolute Gasteiger partial charge is 0.182 e. The summed E-state index contributed by atoms with van der Waals surface area (Å²) in [5.41, 5.74) is 7.39. The van der Waals surface area contributed by atoms with Crippen molar-refractivity contribution in [3.8, 4) is 0 Å². The van der Waals surface area contributed by atoms with Gasteiger partial charge in [-0.25, -0.2) is 19.3 Å². The molecule has 2 heterocycles. The lowest BCUT2D eigenvalue weighted by Gasteiger charge is -2.28. The average Bonchev–Trinajstić information content (AvgIpc) is 3.39. The Morgan fingerprint density at radius 3 is 2.38 bits per heavy atom. The number of halogens is 1. The van der Waals surface area contributed by atoms with Crippen LogP contribution in [0.1, 0.15) is 23.6 Å². The van der Waals surface area contributed by atoms with E-state index in [0.29, 0.717) is 29.8 Å². The van der Waals surface area contributed by atoms with E-state index < -0.39 is 17.8 Å². The van der Waals surface area contributed by atoms with E-state index in [1.165, 1.54) is 6.33 Å². The molecule has 174 valence electrons. The molecule has 0 aliphatic heterocycles. The zero-order valence-corrected chi connectivity index (χ0v) is 18.7. The summed E-state index contributed by atoms with van der Waals surface area (Å²) in [6.07, 6.45) is 2.60. The second-order valence-electron chi connectivity index (χ2n) is 8.49. The number of rotatable bonds is 8. The summed E-state index contributed by atoms with van der Waals surface area (Å²) in [7, 11) is 0. The van der Waals surface area contributed by atoms with E-state index >= 15 is 4.39 Å². The number of imidazole rings is 1. The maximum atomic E-state index is 16.7. The average molecular weight is 460 g/mol. The van der Waals surface area contributed by atoms with Gasteiger partial charge in [0, 0.05) is 6.42 Å². The lowest BCUT2D eigenvalue weighted by Crippen LogP contribution is -2.40. The van der Waals surface area contributed by atoms with Gasteiger partial charge in [0.25, 0.3) is 0 Å². The maximum Gasteiger partial charge on any atom is 0.182 e. The Labute approximate surface area is 197 Å². The molecule has 0 bridgehead atoms. The number of ether oxygens (including phenoxy) is 2. The first kappa shape index (κ1) is 22.2. The molecule has 2 aromatic carbocycles. The van der Waals surface area contributed by atoms with Crippen molar-refractivity contribution in [1.82, 2.24) is 19.5 Å². The van der Waals surface area contributed by atoms with Gasteiger partial charge in [-0.3, -0.25) is 0 Å². The third-order valence-electron chi connectivity index (χ3n) is 6.32. The Morgan fingerprint density at radius 1 is 1.00 bits per heavy atom. The first-order chi connectivity index (χ1) is 16.6. The van der Waals surface area contributed by atoms with Crippen molar-refractivity contribution in [3.05, 3.63) is 96.6 Å². The number of nitrogens with zero attached hydrogens (tertiary/aromatic N) is 4. The first-order valence-electron chi connectivity index (χ1n) is 11.1. The molecule has 4 aromatic rings. The summed E-state index contributed by atoms with van der Waals surface area (Å²) >= 11 is 0. The zero-order chi connectivity index (χ0) is 23.5. The topological polar surface area (TPSA) is 88.1 Å². The molecule has 2 aromatic heterocycles. The van der Waals surface area contributed by atoms with Crippen molar-refractivity contribution in [2.45, 2.75) is 37.4 Å². The number of hydrogen-bond acceptors (Lipinski definition) is 6. The molecule has 0 spiro atoms. The van der Waals surface area contributed by atoms with E-state index in [9.17, 15) is 0 Å². The minimum Gasteiger partial charge on any atom is -0.382 e. The molecule has 8 heteroatoms. The predicted molar refractivity (Wildman–Crippen MR) is 127 cm³/mol. The third kappa shape index (κ3) is 4.18. The minimum absolute atomic E-state index is 0.166. The number of nitrogen functional groups attached to an aromatic ring is 1. The molecule has 0 amide bonds. The van der Waals surface area contributed by atoms with Crippen molar-refractivity contribution >= 4 is 17.0 Å². The fourth-order valence-electron chi connectivity index (χ4n) is 4.44. The quantitative estimate of drug-likeness (QED) is 0.393. The van der Waals surface area contributed by atoms with Crippen LogP contribution in [0.2, 0.25) is 0 Å². The summed E-state index contributed by atoms with van der Waals surface area (Å²) in [5, 5.41) is 0. The second-order valence-corrected chi connectivity index (χ2v) is 8.49. The van der Waals surface area contributed by atoms with Crippen LogP contribution in [-0.4, -0.2) is 37.9 Å². The Balaban J connectivity index is 1.40. The highest BCUT2D eigenvalue weighted by atomic mass is 19.1. The molecule has 1 aliphatic rings. The van der Waals surface area contributed by atoms with Crippen LogP contribution >= 0.6 is 0 Å². The highest BCUT2D eigenvalue weighted by Crippen LogP contribution is 2.47. The Morgan fingerprint density at radius 2 is 1.68 bits per heavy atom. The van der Waals surface area contributed by atoms with Gasteiger partial charge in [-0.2, -0.15) is 0 Å². The van der Waals surface area contributed by atoms with Crippen molar-refractivity contribution in [3.63, 3.8) is 0 Å². The van der Waals surface area contributed by atoms with Gasteiger partial charge in [-0.1, -0.05) is 67.2 Å². The van der Waals surface area contributed by atoms with Crippen molar-refractivity contribution in [2.24, 2.45) is 0 Å². The molecular formula is C26H26FN5O2. The van der Waals surface area contributed by atoms with Gasteiger partial charge < -0.3 is 19.8 Å². The largest absolute Gasteiger partial charge is 0.382 e. The van der Waals surface area contributed by atoms with E-state index in [4.69, 9.17) is 15.2 Å². The summed E-state index contributed by atoms with van der Waals surface area (Å²) in [5.74, 6) is 0.280. The summed E-state index contributed by atoms with van der Waals surface area (Å²) < 4.78 is 30.4. The highest BCUT2D eigenvalue weighted by Gasteiger charge is 2.53. The highest BCUT2D eigenvalue weighted by molar-refractivity contribution is 5.81. The van der Waals surface area contributed by atoms with E-state index in [2.05, 4.69) is 21.5 Å². The van der Waals surface area contributed by atoms with Gasteiger partial charge in [0.05, 0.1) is 32.2 Å².